The number of likely N-dealkylation sites (tertiary alicyclic amines) is 1. The Labute approximate surface area is 128 Å². The molecule has 116 valence electrons. The highest BCUT2D eigenvalue weighted by Gasteiger charge is 2.27. The second-order valence-electron chi connectivity index (χ2n) is 6.20. The van der Waals surface area contributed by atoms with Gasteiger partial charge >= 0.3 is 5.97 Å². The molecule has 0 radical (unpaired) electrons. The molecule has 0 spiro atoms. The Morgan fingerprint density at radius 1 is 1.29 bits per heavy atom. The first-order chi connectivity index (χ1) is 10.0. The topological polar surface area (TPSA) is 29.5 Å². The van der Waals surface area contributed by atoms with Crippen LogP contribution in [0.3, 0.4) is 0 Å². The lowest BCUT2D eigenvalue weighted by atomic mass is 9.95. The van der Waals surface area contributed by atoms with Gasteiger partial charge in [-0.05, 0) is 63.8 Å². The smallest absolute Gasteiger partial charge is 0.310 e. The van der Waals surface area contributed by atoms with Crippen molar-refractivity contribution >= 4 is 5.97 Å². The molecule has 1 atom stereocenters. The average Bonchev–Trinajstić information content (AvgIpc) is 2.43. The fourth-order valence-electron chi connectivity index (χ4n) is 3.33. The predicted octanol–water partition coefficient (Wildman–Crippen LogP) is 3.39. The van der Waals surface area contributed by atoms with Crippen LogP contribution in [0.15, 0.2) is 12.1 Å². The van der Waals surface area contributed by atoms with E-state index < -0.39 is 0 Å². The van der Waals surface area contributed by atoms with E-state index >= 15 is 0 Å². The van der Waals surface area contributed by atoms with E-state index in [2.05, 4.69) is 37.8 Å². The summed E-state index contributed by atoms with van der Waals surface area (Å²) in [7, 11) is 0. The molecule has 3 nitrogen and oxygen atoms in total. The number of aryl methyl sites for hydroxylation is 3. The van der Waals surface area contributed by atoms with Crippen molar-refractivity contribution in [3.63, 3.8) is 0 Å². The number of hydrogen-bond donors (Lipinski definition) is 0. The van der Waals surface area contributed by atoms with E-state index in [0.29, 0.717) is 6.61 Å². The summed E-state index contributed by atoms with van der Waals surface area (Å²) in [6.07, 6.45) is 2.04. The second kappa shape index (κ2) is 7.08. The van der Waals surface area contributed by atoms with Crippen LogP contribution in [0.1, 0.15) is 42.0 Å². The molecular weight excluding hydrogens is 262 g/mol. The van der Waals surface area contributed by atoms with Gasteiger partial charge in [0.2, 0.25) is 0 Å². The van der Waals surface area contributed by atoms with Crippen LogP contribution >= 0.6 is 0 Å². The molecule has 1 aromatic carbocycles. The number of ether oxygens (including phenoxy) is 1. The molecule has 1 saturated heterocycles. The van der Waals surface area contributed by atoms with Gasteiger partial charge in [0.25, 0.3) is 0 Å². The number of benzene rings is 1. The van der Waals surface area contributed by atoms with Gasteiger partial charge in [0, 0.05) is 13.1 Å². The molecule has 0 bridgehead atoms. The first kappa shape index (κ1) is 16.0. The maximum absolute atomic E-state index is 11.9. The summed E-state index contributed by atoms with van der Waals surface area (Å²) in [6.45, 7) is 11.7. The zero-order valence-corrected chi connectivity index (χ0v) is 13.7. The quantitative estimate of drug-likeness (QED) is 0.796. The Hall–Kier alpha value is -1.35. The number of hydrogen-bond acceptors (Lipinski definition) is 3. The van der Waals surface area contributed by atoms with Gasteiger partial charge in [0.15, 0.2) is 0 Å². The summed E-state index contributed by atoms with van der Waals surface area (Å²) in [5.41, 5.74) is 5.43. The van der Waals surface area contributed by atoms with Crippen molar-refractivity contribution < 1.29 is 9.53 Å². The number of piperidine rings is 1. The van der Waals surface area contributed by atoms with Crippen molar-refractivity contribution in [3.8, 4) is 0 Å². The Balaban J connectivity index is 2.04. The van der Waals surface area contributed by atoms with Crippen LogP contribution in [-0.2, 0) is 16.1 Å². The lowest BCUT2D eigenvalue weighted by Gasteiger charge is -2.32. The Bertz CT molecular complexity index is 487. The van der Waals surface area contributed by atoms with Gasteiger partial charge < -0.3 is 4.74 Å². The van der Waals surface area contributed by atoms with Crippen LogP contribution in [0.25, 0.3) is 0 Å². The Kier molecular flexibility index (Phi) is 5.40. The number of esters is 1. The van der Waals surface area contributed by atoms with Crippen LogP contribution in [0.4, 0.5) is 0 Å². The molecule has 3 heteroatoms. The minimum atomic E-state index is -0.0282. The Morgan fingerprint density at radius 2 is 1.95 bits per heavy atom. The van der Waals surface area contributed by atoms with E-state index in [4.69, 9.17) is 4.74 Å². The average molecular weight is 289 g/mol. The number of nitrogens with zero attached hydrogens (tertiary/aromatic N) is 1. The zero-order valence-electron chi connectivity index (χ0n) is 13.7. The van der Waals surface area contributed by atoms with Gasteiger partial charge in [-0.1, -0.05) is 17.7 Å². The van der Waals surface area contributed by atoms with E-state index in [1.807, 2.05) is 6.92 Å². The van der Waals surface area contributed by atoms with Crippen molar-refractivity contribution in [3.05, 3.63) is 34.4 Å². The maximum Gasteiger partial charge on any atom is 0.310 e. The normalized spacial score (nSPS) is 19.5. The van der Waals surface area contributed by atoms with Crippen LogP contribution in [0, 0.1) is 26.7 Å². The monoisotopic (exact) mass is 289 g/mol. The van der Waals surface area contributed by atoms with Gasteiger partial charge in [-0.15, -0.1) is 0 Å². The van der Waals surface area contributed by atoms with Crippen LogP contribution < -0.4 is 0 Å². The number of carbonyl (C=O) groups excluding carboxylic acids is 1. The van der Waals surface area contributed by atoms with Crippen molar-refractivity contribution in [2.75, 3.05) is 19.7 Å². The van der Waals surface area contributed by atoms with E-state index in [0.717, 1.165) is 32.5 Å². The Morgan fingerprint density at radius 3 is 2.57 bits per heavy atom. The van der Waals surface area contributed by atoms with E-state index in [9.17, 15) is 4.79 Å². The molecule has 1 aromatic rings. The van der Waals surface area contributed by atoms with E-state index in [1.165, 1.54) is 22.3 Å². The zero-order chi connectivity index (χ0) is 15.4. The molecule has 1 fully saturated rings. The molecule has 0 N–H and O–H groups in total. The van der Waals surface area contributed by atoms with Gasteiger partial charge in [0.05, 0.1) is 12.5 Å². The van der Waals surface area contributed by atoms with Crippen molar-refractivity contribution in [1.29, 1.82) is 0 Å². The van der Waals surface area contributed by atoms with E-state index in [1.54, 1.807) is 0 Å². The molecule has 21 heavy (non-hydrogen) atoms. The summed E-state index contributed by atoms with van der Waals surface area (Å²) in [4.78, 5) is 14.3. The predicted molar refractivity (Wildman–Crippen MR) is 85.3 cm³/mol. The van der Waals surface area contributed by atoms with E-state index in [-0.39, 0.29) is 11.9 Å². The number of rotatable bonds is 4. The highest BCUT2D eigenvalue weighted by Crippen LogP contribution is 2.23. The number of carbonyl (C=O) groups is 1. The molecule has 1 aliphatic heterocycles. The summed E-state index contributed by atoms with van der Waals surface area (Å²) in [5.74, 6) is 0.0179. The SMILES string of the molecule is CCOC(=O)[C@@H]1CCCN(Cc2c(C)cc(C)cc2C)C1. The third kappa shape index (κ3) is 4.07. The minimum Gasteiger partial charge on any atom is -0.466 e. The molecule has 0 amide bonds. The third-order valence-electron chi connectivity index (χ3n) is 4.35. The maximum atomic E-state index is 11.9. The minimum absolute atomic E-state index is 0.0282. The molecule has 2 rings (SSSR count). The molecule has 1 heterocycles. The summed E-state index contributed by atoms with van der Waals surface area (Å²) >= 11 is 0. The molecule has 1 aliphatic rings. The molecule has 0 unspecified atom stereocenters. The van der Waals surface area contributed by atoms with Crippen molar-refractivity contribution in [2.45, 2.75) is 47.1 Å². The van der Waals surface area contributed by atoms with Crippen molar-refractivity contribution in [2.24, 2.45) is 5.92 Å². The van der Waals surface area contributed by atoms with Crippen LogP contribution in [0.2, 0.25) is 0 Å². The van der Waals surface area contributed by atoms with Crippen molar-refractivity contribution in [1.82, 2.24) is 4.90 Å². The molecule has 0 saturated carbocycles. The van der Waals surface area contributed by atoms with Gasteiger partial charge in [0.1, 0.15) is 0 Å². The van der Waals surface area contributed by atoms with Crippen LogP contribution in [0.5, 0.6) is 0 Å². The van der Waals surface area contributed by atoms with Gasteiger partial charge in [-0.25, -0.2) is 0 Å². The van der Waals surface area contributed by atoms with Gasteiger partial charge in [-0.3, -0.25) is 9.69 Å². The molecular formula is C18H27NO2. The molecule has 0 aliphatic carbocycles. The fraction of sp³-hybridized carbons (Fsp3) is 0.611. The largest absolute Gasteiger partial charge is 0.466 e. The standard InChI is InChI=1S/C18H27NO2/c1-5-21-18(20)16-7-6-8-19(11-16)12-17-14(3)9-13(2)10-15(17)4/h9-10,16H,5-8,11-12H2,1-4H3/t16-/m1/s1. The van der Waals surface area contributed by atoms with Crippen LogP contribution in [-0.4, -0.2) is 30.6 Å². The highest BCUT2D eigenvalue weighted by molar-refractivity contribution is 5.72. The summed E-state index contributed by atoms with van der Waals surface area (Å²) in [6, 6.07) is 4.49. The highest BCUT2D eigenvalue weighted by atomic mass is 16.5. The lowest BCUT2D eigenvalue weighted by Crippen LogP contribution is -2.39. The molecule has 0 aromatic heterocycles. The fourth-order valence-corrected chi connectivity index (χ4v) is 3.33. The summed E-state index contributed by atoms with van der Waals surface area (Å²) < 4.78 is 5.18. The van der Waals surface area contributed by atoms with Gasteiger partial charge in [-0.2, -0.15) is 0 Å². The third-order valence-corrected chi connectivity index (χ3v) is 4.35. The second-order valence-corrected chi connectivity index (χ2v) is 6.20. The lowest BCUT2D eigenvalue weighted by molar-refractivity contribution is -0.150. The first-order valence-corrected chi connectivity index (χ1v) is 7.97. The first-order valence-electron chi connectivity index (χ1n) is 7.97. The summed E-state index contributed by atoms with van der Waals surface area (Å²) in [5, 5.41) is 0.